The molecule has 0 aliphatic heterocycles. The molecule has 7 heteroatoms. The van der Waals surface area contributed by atoms with Crippen LogP contribution in [0.2, 0.25) is 0 Å². The van der Waals surface area contributed by atoms with E-state index >= 15 is 0 Å². The summed E-state index contributed by atoms with van der Waals surface area (Å²) in [6.45, 7) is 0. The largest absolute Gasteiger partial charge is 0.507 e. The molecule has 0 saturated carbocycles. The summed E-state index contributed by atoms with van der Waals surface area (Å²) >= 11 is 0. The lowest BCUT2D eigenvalue weighted by Crippen LogP contribution is -2.04. The minimum absolute atomic E-state index is 0.0272. The molecular weight excluding hydrogens is 424 g/mol. The number of aliphatic hydroxyl groups excluding tert-OH is 1. The summed E-state index contributed by atoms with van der Waals surface area (Å²) in [6, 6.07) is 15.6. The van der Waals surface area contributed by atoms with Gasteiger partial charge in [0.2, 0.25) is 5.75 Å². The van der Waals surface area contributed by atoms with Crippen molar-refractivity contribution in [2.24, 2.45) is 0 Å². The monoisotopic (exact) mass is 452 g/mol. The summed E-state index contributed by atoms with van der Waals surface area (Å²) in [5.41, 5.74) is 2.23. The maximum absolute atomic E-state index is 11.5. The van der Waals surface area contributed by atoms with Gasteiger partial charge in [0.05, 0.1) is 35.5 Å². The van der Waals surface area contributed by atoms with Crippen LogP contribution in [0.5, 0.6) is 34.5 Å². The number of aromatic hydroxyl groups is 1. The van der Waals surface area contributed by atoms with Crippen LogP contribution in [0.3, 0.4) is 0 Å². The minimum Gasteiger partial charge on any atom is -0.507 e. The summed E-state index contributed by atoms with van der Waals surface area (Å²) < 4.78 is 26.7. The third kappa shape index (κ3) is 5.15. The van der Waals surface area contributed by atoms with E-state index in [0.717, 1.165) is 5.56 Å². The molecule has 7 nitrogen and oxygen atoms in total. The first-order valence-electron chi connectivity index (χ1n) is 10.2. The zero-order valence-corrected chi connectivity index (χ0v) is 19.3. The molecule has 0 aliphatic carbocycles. The van der Waals surface area contributed by atoms with Crippen molar-refractivity contribution in [2.45, 2.75) is 6.10 Å². The van der Waals surface area contributed by atoms with Crippen LogP contribution < -0.4 is 23.7 Å². The van der Waals surface area contributed by atoms with Gasteiger partial charge in [-0.2, -0.15) is 0 Å². The molecule has 3 aromatic rings. The second-order valence-corrected chi connectivity index (χ2v) is 7.12. The van der Waals surface area contributed by atoms with Crippen LogP contribution in [0.15, 0.2) is 54.6 Å². The lowest BCUT2D eigenvalue weighted by molar-refractivity contribution is 0.236. The third-order valence-electron chi connectivity index (χ3n) is 5.25. The van der Waals surface area contributed by atoms with E-state index in [1.54, 1.807) is 37.5 Å². The number of ether oxygens (including phenoxy) is 5. The van der Waals surface area contributed by atoms with Gasteiger partial charge in [0, 0.05) is 11.6 Å². The molecule has 0 spiro atoms. The molecule has 2 N–H and O–H groups in total. The summed E-state index contributed by atoms with van der Waals surface area (Å²) in [6.07, 6.45) is 0.676. The van der Waals surface area contributed by atoms with E-state index < -0.39 is 6.10 Å². The molecule has 1 atom stereocenters. The number of hydrogen-bond donors (Lipinski definition) is 2. The Kier molecular flexibility index (Phi) is 7.69. The number of benzene rings is 3. The van der Waals surface area contributed by atoms with Crippen molar-refractivity contribution in [1.29, 1.82) is 0 Å². The highest BCUT2D eigenvalue weighted by atomic mass is 16.5. The molecule has 0 bridgehead atoms. The van der Waals surface area contributed by atoms with E-state index in [2.05, 4.69) is 0 Å². The van der Waals surface area contributed by atoms with Crippen molar-refractivity contribution in [3.8, 4) is 34.5 Å². The van der Waals surface area contributed by atoms with E-state index in [1.165, 1.54) is 34.5 Å². The van der Waals surface area contributed by atoms with Gasteiger partial charge in [-0.1, -0.05) is 12.1 Å². The topological polar surface area (TPSA) is 86.6 Å². The average Bonchev–Trinajstić information content (AvgIpc) is 2.86. The maximum Gasteiger partial charge on any atom is 0.203 e. The lowest BCUT2D eigenvalue weighted by Gasteiger charge is -2.20. The van der Waals surface area contributed by atoms with Crippen molar-refractivity contribution in [3.05, 3.63) is 71.3 Å². The van der Waals surface area contributed by atoms with Gasteiger partial charge in [0.1, 0.15) is 23.4 Å². The Morgan fingerprint density at radius 2 is 1.30 bits per heavy atom. The van der Waals surface area contributed by atoms with Gasteiger partial charge in [0.15, 0.2) is 11.5 Å². The average molecular weight is 453 g/mol. The zero-order valence-electron chi connectivity index (χ0n) is 19.3. The predicted molar refractivity (Wildman–Crippen MR) is 127 cm³/mol. The van der Waals surface area contributed by atoms with Crippen LogP contribution >= 0.6 is 0 Å². The summed E-state index contributed by atoms with van der Waals surface area (Å²) in [5, 5.41) is 22.2. The smallest absolute Gasteiger partial charge is 0.203 e. The number of aliphatic hydroxyl groups is 1. The fraction of sp³-hybridized carbons (Fsp3) is 0.231. The number of methoxy groups -OCH3 is 5. The van der Waals surface area contributed by atoms with Crippen molar-refractivity contribution >= 4 is 11.6 Å². The van der Waals surface area contributed by atoms with Crippen LogP contribution in [0.25, 0.3) is 11.6 Å². The summed E-state index contributed by atoms with van der Waals surface area (Å²) in [5.74, 6) is 2.43. The Balaban J connectivity index is 2.17. The molecule has 1 unspecified atom stereocenters. The Morgan fingerprint density at radius 3 is 1.79 bits per heavy atom. The highest BCUT2D eigenvalue weighted by Gasteiger charge is 2.23. The molecule has 0 radical (unpaired) electrons. The fourth-order valence-corrected chi connectivity index (χ4v) is 3.51. The van der Waals surface area contributed by atoms with E-state index in [1.807, 2.05) is 24.3 Å². The molecule has 3 aromatic carbocycles. The lowest BCUT2D eigenvalue weighted by atomic mass is 9.92. The molecule has 0 heterocycles. The molecular formula is C26H28O7. The molecule has 0 aliphatic rings. The van der Waals surface area contributed by atoms with Gasteiger partial charge in [-0.05, 0) is 59.2 Å². The van der Waals surface area contributed by atoms with Gasteiger partial charge in [0.25, 0.3) is 0 Å². The Labute approximate surface area is 193 Å². The highest BCUT2D eigenvalue weighted by molar-refractivity contribution is 5.87. The van der Waals surface area contributed by atoms with Gasteiger partial charge in [-0.25, -0.2) is 0 Å². The van der Waals surface area contributed by atoms with Crippen molar-refractivity contribution in [2.75, 3.05) is 35.5 Å². The van der Waals surface area contributed by atoms with Gasteiger partial charge in [-0.15, -0.1) is 0 Å². The minimum atomic E-state index is -1.12. The molecule has 0 fully saturated rings. The van der Waals surface area contributed by atoms with Crippen LogP contribution in [0.4, 0.5) is 0 Å². The molecule has 0 aromatic heterocycles. The van der Waals surface area contributed by atoms with Crippen LogP contribution in [-0.2, 0) is 0 Å². The zero-order chi connectivity index (χ0) is 24.0. The molecule has 0 amide bonds. The summed E-state index contributed by atoms with van der Waals surface area (Å²) in [7, 11) is 7.65. The number of phenolic OH excluding ortho intramolecular Hbond substituents is 1. The Hall–Kier alpha value is -3.84. The van der Waals surface area contributed by atoms with E-state index in [4.69, 9.17) is 23.7 Å². The van der Waals surface area contributed by atoms with Gasteiger partial charge < -0.3 is 33.9 Å². The standard InChI is InChI=1S/C26H28O7/c1-29-18-8-6-16(7-9-18)12-21(20-11-10-19(30-2)15-22(20)27)25(28)17-13-23(31-3)26(33-5)24(14-17)32-4/h6-15,25,27-28H,1-5H3/b21-12-. The predicted octanol–water partition coefficient (Wildman–Crippen LogP) is 4.71. The van der Waals surface area contributed by atoms with Crippen molar-refractivity contribution < 1.29 is 33.9 Å². The number of phenols is 1. The first kappa shape index (κ1) is 23.8. The third-order valence-corrected chi connectivity index (χ3v) is 5.25. The number of rotatable bonds is 9. The SMILES string of the molecule is COc1ccc(/C=C(/c2ccc(OC)cc2O)C(O)c2cc(OC)c(OC)c(OC)c2)cc1. The Bertz CT molecular complexity index is 1090. The van der Waals surface area contributed by atoms with Crippen LogP contribution in [0.1, 0.15) is 22.8 Å². The molecule has 174 valence electrons. The molecule has 0 saturated heterocycles. The van der Waals surface area contributed by atoms with E-state index in [9.17, 15) is 10.2 Å². The van der Waals surface area contributed by atoms with Gasteiger partial charge in [-0.3, -0.25) is 0 Å². The fourth-order valence-electron chi connectivity index (χ4n) is 3.51. The first-order valence-corrected chi connectivity index (χ1v) is 10.2. The van der Waals surface area contributed by atoms with Crippen molar-refractivity contribution in [3.63, 3.8) is 0 Å². The molecule has 3 rings (SSSR count). The quantitative estimate of drug-likeness (QED) is 0.455. The van der Waals surface area contributed by atoms with Crippen LogP contribution in [0, 0.1) is 0 Å². The molecule has 33 heavy (non-hydrogen) atoms. The van der Waals surface area contributed by atoms with Crippen molar-refractivity contribution in [1.82, 2.24) is 0 Å². The van der Waals surface area contributed by atoms with E-state index in [-0.39, 0.29) is 5.75 Å². The van der Waals surface area contributed by atoms with E-state index in [0.29, 0.717) is 45.4 Å². The second-order valence-electron chi connectivity index (χ2n) is 7.12. The second kappa shape index (κ2) is 10.7. The maximum atomic E-state index is 11.5. The number of hydrogen-bond acceptors (Lipinski definition) is 7. The highest BCUT2D eigenvalue weighted by Crippen LogP contribution is 2.44. The normalized spacial score (nSPS) is 12.1. The first-order chi connectivity index (χ1) is 15.9. The Morgan fingerprint density at radius 1 is 0.727 bits per heavy atom. The van der Waals surface area contributed by atoms with Crippen LogP contribution in [-0.4, -0.2) is 45.8 Å². The van der Waals surface area contributed by atoms with Gasteiger partial charge >= 0.3 is 0 Å². The summed E-state index contributed by atoms with van der Waals surface area (Å²) in [4.78, 5) is 0.